The van der Waals surface area contributed by atoms with Crippen LogP contribution in [0.4, 0.5) is 5.82 Å². The number of anilines is 1. The molecule has 1 atom stereocenters. The van der Waals surface area contributed by atoms with Gasteiger partial charge in [-0.1, -0.05) is 30.7 Å². The van der Waals surface area contributed by atoms with Gasteiger partial charge in [0.1, 0.15) is 5.82 Å². The van der Waals surface area contributed by atoms with Crippen LogP contribution in [0.15, 0.2) is 36.7 Å². The van der Waals surface area contributed by atoms with Gasteiger partial charge in [-0.15, -0.1) is 0 Å². The Morgan fingerprint density at radius 3 is 2.54 bits per heavy atom. The number of aromatic nitrogens is 2. The molecule has 0 spiro atoms. The Morgan fingerprint density at radius 1 is 1.29 bits per heavy atom. The van der Waals surface area contributed by atoms with Gasteiger partial charge in [0.2, 0.25) is 0 Å². The van der Waals surface area contributed by atoms with Crippen molar-refractivity contribution in [3.63, 3.8) is 0 Å². The molecule has 0 aliphatic heterocycles. The van der Waals surface area contributed by atoms with Gasteiger partial charge in [0.25, 0.3) is 0 Å². The maximum Gasteiger partial charge on any atom is 0.356 e. The normalized spacial score (nSPS) is 12.2. The number of rotatable bonds is 8. The molecule has 0 radical (unpaired) electrons. The standard InChI is InChI=1S/C17H21ClN4O2/c1-3-8-22(2)15(12-4-6-13(18)7-5-12)10-21-16-11-19-14(9-20-16)17(23)24/h4-7,9,11,15H,3,8,10H2,1-2H3,(H,20,21)(H,23,24). The molecular formula is C17H21ClN4O2. The second kappa shape index (κ2) is 8.61. The maximum atomic E-state index is 10.8. The third-order valence-electron chi connectivity index (χ3n) is 3.71. The van der Waals surface area contributed by atoms with Gasteiger partial charge in [-0.3, -0.25) is 4.90 Å². The molecule has 0 amide bonds. The summed E-state index contributed by atoms with van der Waals surface area (Å²) in [5.74, 6) is -0.542. The molecule has 2 rings (SSSR count). The number of benzene rings is 1. The summed E-state index contributed by atoms with van der Waals surface area (Å²) in [6, 6.07) is 7.93. The summed E-state index contributed by atoms with van der Waals surface area (Å²) in [4.78, 5) is 21.0. The Balaban J connectivity index is 2.10. The predicted octanol–water partition coefficient (Wildman–Crippen LogP) is 3.32. The van der Waals surface area contributed by atoms with E-state index in [9.17, 15) is 4.79 Å². The molecule has 0 aliphatic rings. The number of hydrogen-bond donors (Lipinski definition) is 2. The van der Waals surface area contributed by atoms with E-state index in [4.69, 9.17) is 16.7 Å². The first-order valence-corrected chi connectivity index (χ1v) is 8.14. The molecule has 24 heavy (non-hydrogen) atoms. The van der Waals surface area contributed by atoms with E-state index < -0.39 is 5.97 Å². The molecule has 0 saturated carbocycles. The summed E-state index contributed by atoms with van der Waals surface area (Å²) in [6.45, 7) is 3.72. The van der Waals surface area contributed by atoms with Crippen LogP contribution >= 0.6 is 11.6 Å². The lowest BCUT2D eigenvalue weighted by molar-refractivity contribution is 0.0690. The van der Waals surface area contributed by atoms with E-state index in [1.165, 1.54) is 12.4 Å². The predicted molar refractivity (Wildman–Crippen MR) is 94.6 cm³/mol. The SMILES string of the molecule is CCCN(C)C(CNc1cnc(C(=O)O)cn1)c1ccc(Cl)cc1. The molecule has 1 unspecified atom stereocenters. The van der Waals surface area contributed by atoms with Gasteiger partial charge >= 0.3 is 5.97 Å². The van der Waals surface area contributed by atoms with Crippen LogP contribution in [0.1, 0.15) is 35.4 Å². The molecule has 2 aromatic rings. The fraction of sp³-hybridized carbons (Fsp3) is 0.353. The molecule has 2 N–H and O–H groups in total. The molecular weight excluding hydrogens is 328 g/mol. The number of aromatic carboxylic acids is 1. The molecule has 128 valence electrons. The Bertz CT molecular complexity index is 661. The van der Waals surface area contributed by atoms with Crippen LogP contribution in [0.2, 0.25) is 5.02 Å². The van der Waals surface area contributed by atoms with Gasteiger partial charge in [-0.25, -0.2) is 14.8 Å². The highest BCUT2D eigenvalue weighted by Crippen LogP contribution is 2.22. The first kappa shape index (κ1) is 18.2. The van der Waals surface area contributed by atoms with Gasteiger partial charge in [-0.2, -0.15) is 0 Å². The van der Waals surface area contributed by atoms with Gasteiger partial charge in [0, 0.05) is 11.6 Å². The zero-order chi connectivity index (χ0) is 17.5. The van der Waals surface area contributed by atoms with Crippen molar-refractivity contribution in [2.75, 3.05) is 25.5 Å². The molecule has 7 heteroatoms. The highest BCUT2D eigenvalue weighted by molar-refractivity contribution is 6.30. The Hall–Kier alpha value is -2.18. The Kier molecular flexibility index (Phi) is 6.52. The van der Waals surface area contributed by atoms with E-state index in [2.05, 4.69) is 34.2 Å². The van der Waals surface area contributed by atoms with Crippen molar-refractivity contribution in [1.29, 1.82) is 0 Å². The van der Waals surface area contributed by atoms with E-state index in [0.717, 1.165) is 18.5 Å². The van der Waals surface area contributed by atoms with Crippen molar-refractivity contribution < 1.29 is 9.90 Å². The molecule has 0 saturated heterocycles. The zero-order valence-electron chi connectivity index (χ0n) is 13.7. The Morgan fingerprint density at radius 2 is 2.00 bits per heavy atom. The lowest BCUT2D eigenvalue weighted by atomic mass is 10.1. The van der Waals surface area contributed by atoms with Crippen molar-refractivity contribution in [3.05, 3.63) is 52.9 Å². The second-order valence-electron chi connectivity index (χ2n) is 5.52. The van der Waals surface area contributed by atoms with Crippen LogP contribution in [0.25, 0.3) is 0 Å². The molecule has 0 aliphatic carbocycles. The van der Waals surface area contributed by atoms with E-state index in [-0.39, 0.29) is 11.7 Å². The highest BCUT2D eigenvalue weighted by atomic mass is 35.5. The van der Waals surface area contributed by atoms with Crippen LogP contribution < -0.4 is 5.32 Å². The summed E-state index contributed by atoms with van der Waals surface area (Å²) in [5, 5.41) is 12.8. The number of hydrogen-bond acceptors (Lipinski definition) is 5. The lowest BCUT2D eigenvalue weighted by Crippen LogP contribution is -2.31. The molecule has 6 nitrogen and oxygen atoms in total. The van der Waals surface area contributed by atoms with Crippen molar-refractivity contribution >= 4 is 23.4 Å². The van der Waals surface area contributed by atoms with E-state index in [0.29, 0.717) is 17.4 Å². The van der Waals surface area contributed by atoms with Crippen LogP contribution in [0.3, 0.4) is 0 Å². The van der Waals surface area contributed by atoms with Crippen molar-refractivity contribution in [1.82, 2.24) is 14.9 Å². The minimum Gasteiger partial charge on any atom is -0.476 e. The maximum absolute atomic E-state index is 10.8. The fourth-order valence-corrected chi connectivity index (χ4v) is 2.58. The quantitative estimate of drug-likeness (QED) is 0.762. The average Bonchev–Trinajstić information content (AvgIpc) is 2.57. The van der Waals surface area contributed by atoms with Crippen molar-refractivity contribution in [3.8, 4) is 0 Å². The number of likely N-dealkylation sites (N-methyl/N-ethyl adjacent to an activating group) is 1. The minimum absolute atomic E-state index is 0.0714. The monoisotopic (exact) mass is 348 g/mol. The minimum atomic E-state index is -1.09. The molecule has 0 fully saturated rings. The van der Waals surface area contributed by atoms with E-state index >= 15 is 0 Å². The first-order valence-electron chi connectivity index (χ1n) is 7.76. The third kappa shape index (κ3) is 4.91. The molecule has 1 aromatic heterocycles. The summed E-state index contributed by atoms with van der Waals surface area (Å²) in [5.41, 5.74) is 1.08. The lowest BCUT2D eigenvalue weighted by Gasteiger charge is -2.28. The smallest absolute Gasteiger partial charge is 0.356 e. The first-order chi connectivity index (χ1) is 11.5. The number of carbonyl (C=O) groups is 1. The van der Waals surface area contributed by atoms with Crippen LogP contribution in [-0.2, 0) is 0 Å². The largest absolute Gasteiger partial charge is 0.476 e. The van der Waals surface area contributed by atoms with Gasteiger partial charge in [-0.05, 0) is 37.7 Å². The molecule has 1 aromatic carbocycles. The number of nitrogens with zero attached hydrogens (tertiary/aromatic N) is 3. The highest BCUT2D eigenvalue weighted by Gasteiger charge is 2.17. The fourth-order valence-electron chi connectivity index (χ4n) is 2.45. The van der Waals surface area contributed by atoms with E-state index in [1.807, 2.05) is 24.3 Å². The van der Waals surface area contributed by atoms with Crippen LogP contribution in [0.5, 0.6) is 0 Å². The summed E-state index contributed by atoms with van der Waals surface area (Å²) in [6.07, 6.45) is 3.73. The zero-order valence-corrected chi connectivity index (χ0v) is 14.5. The molecule has 0 bridgehead atoms. The summed E-state index contributed by atoms with van der Waals surface area (Å²) >= 11 is 5.97. The number of carboxylic acids is 1. The van der Waals surface area contributed by atoms with Crippen LogP contribution in [0, 0.1) is 0 Å². The van der Waals surface area contributed by atoms with Crippen molar-refractivity contribution in [2.24, 2.45) is 0 Å². The van der Waals surface area contributed by atoms with Gasteiger partial charge < -0.3 is 10.4 Å². The third-order valence-corrected chi connectivity index (χ3v) is 3.96. The average molecular weight is 349 g/mol. The Labute approximate surface area is 146 Å². The van der Waals surface area contributed by atoms with E-state index in [1.54, 1.807) is 0 Å². The summed E-state index contributed by atoms with van der Waals surface area (Å²) < 4.78 is 0. The number of carboxylic acid groups (broad SMARTS) is 1. The van der Waals surface area contributed by atoms with Gasteiger partial charge in [0.05, 0.1) is 18.4 Å². The van der Waals surface area contributed by atoms with Crippen LogP contribution in [-0.4, -0.2) is 46.1 Å². The molecule has 1 heterocycles. The summed E-state index contributed by atoms with van der Waals surface area (Å²) in [7, 11) is 2.07. The topological polar surface area (TPSA) is 78.4 Å². The van der Waals surface area contributed by atoms with Crippen molar-refractivity contribution in [2.45, 2.75) is 19.4 Å². The second-order valence-corrected chi connectivity index (χ2v) is 5.96. The number of halogens is 1. The number of nitrogens with one attached hydrogen (secondary N) is 1. The van der Waals surface area contributed by atoms with Gasteiger partial charge in [0.15, 0.2) is 5.69 Å².